The van der Waals surface area contributed by atoms with Crippen molar-refractivity contribution in [1.82, 2.24) is 5.32 Å². The molecule has 0 aliphatic rings. The van der Waals surface area contributed by atoms with Crippen LogP contribution in [0.3, 0.4) is 0 Å². The van der Waals surface area contributed by atoms with Crippen LogP contribution < -0.4 is 14.8 Å². The molecule has 0 bridgehead atoms. The molecule has 0 spiro atoms. The first kappa shape index (κ1) is 15.8. The fraction of sp³-hybridized carbons (Fsp3) is 0.263. The normalized spacial score (nSPS) is 12.3. The van der Waals surface area contributed by atoms with Crippen LogP contribution in [0.5, 0.6) is 11.5 Å². The van der Waals surface area contributed by atoms with Crippen molar-refractivity contribution < 1.29 is 9.47 Å². The Hall–Kier alpha value is -2.04. The van der Waals surface area contributed by atoms with Crippen molar-refractivity contribution in [3.05, 3.63) is 59.5 Å². The van der Waals surface area contributed by atoms with Gasteiger partial charge in [-0.15, -0.1) is 11.3 Å². The first-order valence-corrected chi connectivity index (χ1v) is 8.61. The molecule has 0 saturated carbocycles. The Morgan fingerprint density at radius 3 is 2.83 bits per heavy atom. The summed E-state index contributed by atoms with van der Waals surface area (Å²) < 4.78 is 12.9. The van der Waals surface area contributed by atoms with Gasteiger partial charge in [0.1, 0.15) is 17.6 Å². The van der Waals surface area contributed by atoms with Crippen LogP contribution in [0.15, 0.2) is 53.9 Å². The number of benzene rings is 2. The van der Waals surface area contributed by atoms with Crippen LogP contribution in [-0.2, 0) is 0 Å². The Morgan fingerprint density at radius 1 is 1.13 bits per heavy atom. The molecule has 0 amide bonds. The largest absolute Gasteiger partial charge is 0.497 e. The van der Waals surface area contributed by atoms with Crippen molar-refractivity contribution >= 4 is 21.4 Å². The molecule has 3 rings (SSSR count). The van der Waals surface area contributed by atoms with Crippen molar-refractivity contribution in [2.24, 2.45) is 0 Å². The predicted molar refractivity (Wildman–Crippen MR) is 96.7 cm³/mol. The number of hydrogen-bond donors (Lipinski definition) is 1. The lowest BCUT2D eigenvalue weighted by molar-refractivity contribution is 0.197. The molecule has 0 aliphatic carbocycles. The average Bonchev–Trinajstić information content (AvgIpc) is 3.08. The second-order valence-corrected chi connectivity index (χ2v) is 6.29. The molecule has 0 aliphatic heterocycles. The van der Waals surface area contributed by atoms with Gasteiger partial charge in [-0.1, -0.05) is 24.3 Å². The highest BCUT2D eigenvalue weighted by atomic mass is 32.1. The first-order chi connectivity index (χ1) is 11.3. The van der Waals surface area contributed by atoms with Gasteiger partial charge in [-0.2, -0.15) is 0 Å². The highest BCUT2D eigenvalue weighted by Crippen LogP contribution is 2.34. The summed E-state index contributed by atoms with van der Waals surface area (Å²) in [5, 5.41) is 6.54. The Labute approximate surface area is 140 Å². The molecule has 0 fully saturated rings. The van der Waals surface area contributed by atoms with Gasteiger partial charge in [0.05, 0.1) is 11.8 Å². The first-order valence-electron chi connectivity index (χ1n) is 7.73. The fourth-order valence-electron chi connectivity index (χ4n) is 2.62. The number of rotatable bonds is 7. The van der Waals surface area contributed by atoms with Crippen LogP contribution in [0, 0.1) is 0 Å². The van der Waals surface area contributed by atoms with E-state index in [-0.39, 0.29) is 6.10 Å². The van der Waals surface area contributed by atoms with Crippen molar-refractivity contribution in [2.45, 2.75) is 12.5 Å². The molecule has 3 nitrogen and oxygen atoms in total. The van der Waals surface area contributed by atoms with Crippen LogP contribution >= 0.6 is 11.3 Å². The van der Waals surface area contributed by atoms with Crippen LogP contribution in [0.1, 0.15) is 18.1 Å². The van der Waals surface area contributed by atoms with Crippen molar-refractivity contribution in [3.8, 4) is 11.5 Å². The molecule has 0 saturated heterocycles. The molecule has 0 unspecified atom stereocenters. The molecule has 1 N–H and O–H groups in total. The zero-order valence-electron chi connectivity index (χ0n) is 13.4. The van der Waals surface area contributed by atoms with Gasteiger partial charge >= 0.3 is 0 Å². The summed E-state index contributed by atoms with van der Waals surface area (Å²) in [6, 6.07) is 16.4. The van der Waals surface area contributed by atoms with Gasteiger partial charge in [0.15, 0.2) is 0 Å². The molecule has 120 valence electrons. The third kappa shape index (κ3) is 3.66. The number of thiophene rings is 1. The monoisotopic (exact) mass is 327 g/mol. The molecular weight excluding hydrogens is 306 g/mol. The Morgan fingerprint density at radius 2 is 2.00 bits per heavy atom. The predicted octanol–water partition coefficient (Wildman–Crippen LogP) is 4.64. The smallest absolute Gasteiger partial charge is 0.138 e. The Balaban J connectivity index is 1.91. The Kier molecular flexibility index (Phi) is 5.16. The van der Waals surface area contributed by atoms with Gasteiger partial charge in [0, 0.05) is 6.42 Å². The van der Waals surface area contributed by atoms with Crippen LogP contribution in [0.4, 0.5) is 0 Å². The lowest BCUT2D eigenvalue weighted by Gasteiger charge is -2.20. The second-order valence-electron chi connectivity index (χ2n) is 5.37. The van der Waals surface area contributed by atoms with Crippen molar-refractivity contribution in [3.63, 3.8) is 0 Å². The maximum Gasteiger partial charge on any atom is 0.138 e. The zero-order valence-corrected chi connectivity index (χ0v) is 14.2. The van der Waals surface area contributed by atoms with Gasteiger partial charge in [-0.25, -0.2) is 0 Å². The SMILES string of the molecule is CNCC[C@H](Oc1cccc2ccsc12)c1cccc(OC)c1. The average molecular weight is 327 g/mol. The van der Waals surface area contributed by atoms with Gasteiger partial charge in [-0.05, 0) is 54.2 Å². The molecule has 4 heteroatoms. The van der Waals surface area contributed by atoms with E-state index in [4.69, 9.17) is 9.47 Å². The summed E-state index contributed by atoms with van der Waals surface area (Å²) in [6.07, 6.45) is 0.885. The number of ether oxygens (including phenoxy) is 2. The molecular formula is C19H21NO2S. The van der Waals surface area contributed by atoms with Gasteiger partial charge in [0.25, 0.3) is 0 Å². The van der Waals surface area contributed by atoms with E-state index in [0.29, 0.717) is 0 Å². The van der Waals surface area contributed by atoms with Crippen LogP contribution in [0.25, 0.3) is 10.1 Å². The fourth-order valence-corrected chi connectivity index (χ4v) is 3.48. The van der Waals surface area contributed by atoms with Crippen LogP contribution in [-0.4, -0.2) is 20.7 Å². The minimum absolute atomic E-state index is 0.00903. The molecule has 2 aromatic carbocycles. The minimum Gasteiger partial charge on any atom is -0.497 e. The highest BCUT2D eigenvalue weighted by molar-refractivity contribution is 7.17. The van der Waals surface area contributed by atoms with Gasteiger partial charge < -0.3 is 14.8 Å². The quantitative estimate of drug-likeness (QED) is 0.686. The van der Waals surface area contributed by atoms with Crippen LogP contribution in [0.2, 0.25) is 0 Å². The highest BCUT2D eigenvalue weighted by Gasteiger charge is 2.15. The summed E-state index contributed by atoms with van der Waals surface area (Å²) in [6.45, 7) is 0.891. The maximum absolute atomic E-state index is 6.39. The van der Waals surface area contributed by atoms with Crippen molar-refractivity contribution in [1.29, 1.82) is 0 Å². The van der Waals surface area contributed by atoms with E-state index in [1.54, 1.807) is 18.4 Å². The molecule has 0 radical (unpaired) electrons. The molecule has 1 atom stereocenters. The van der Waals surface area contributed by atoms with E-state index in [1.807, 2.05) is 31.3 Å². The van der Waals surface area contributed by atoms with E-state index in [0.717, 1.165) is 30.0 Å². The summed E-state index contributed by atoms with van der Waals surface area (Å²) in [4.78, 5) is 0. The third-order valence-electron chi connectivity index (χ3n) is 3.83. The molecule has 23 heavy (non-hydrogen) atoms. The van der Waals surface area contributed by atoms with Crippen molar-refractivity contribution in [2.75, 3.05) is 20.7 Å². The Bertz CT molecular complexity index is 769. The molecule has 1 aromatic heterocycles. The number of hydrogen-bond acceptors (Lipinski definition) is 4. The number of fused-ring (bicyclic) bond motifs is 1. The number of methoxy groups -OCH3 is 1. The number of nitrogens with one attached hydrogen (secondary N) is 1. The van der Waals surface area contributed by atoms with Gasteiger partial charge in [0.2, 0.25) is 0 Å². The van der Waals surface area contributed by atoms with E-state index in [1.165, 1.54) is 10.1 Å². The minimum atomic E-state index is -0.00903. The summed E-state index contributed by atoms with van der Waals surface area (Å²) in [7, 11) is 3.65. The van der Waals surface area contributed by atoms with Gasteiger partial charge in [-0.3, -0.25) is 0 Å². The topological polar surface area (TPSA) is 30.5 Å². The van der Waals surface area contributed by atoms with E-state index < -0.39 is 0 Å². The lowest BCUT2D eigenvalue weighted by atomic mass is 10.1. The van der Waals surface area contributed by atoms with E-state index in [9.17, 15) is 0 Å². The lowest BCUT2D eigenvalue weighted by Crippen LogP contribution is -2.16. The standard InChI is InChI=1S/C19H21NO2S/c1-20-11-9-17(15-6-3-7-16(13-15)21-2)22-18-8-4-5-14-10-12-23-19(14)18/h3-8,10,12-13,17,20H,9,11H2,1-2H3/t17-/m0/s1. The van der Waals surface area contributed by atoms with E-state index >= 15 is 0 Å². The van der Waals surface area contributed by atoms with E-state index in [2.05, 4.69) is 35.0 Å². The molecule has 1 heterocycles. The summed E-state index contributed by atoms with van der Waals surface area (Å²) >= 11 is 1.72. The summed E-state index contributed by atoms with van der Waals surface area (Å²) in [5.41, 5.74) is 1.13. The summed E-state index contributed by atoms with van der Waals surface area (Å²) in [5.74, 6) is 1.80. The zero-order chi connectivity index (χ0) is 16.1. The molecule has 3 aromatic rings. The second kappa shape index (κ2) is 7.49. The third-order valence-corrected chi connectivity index (χ3v) is 4.78. The maximum atomic E-state index is 6.39.